The van der Waals surface area contributed by atoms with E-state index in [-0.39, 0.29) is 5.82 Å². The van der Waals surface area contributed by atoms with Gasteiger partial charge in [-0.2, -0.15) is 0 Å². The second-order valence-corrected chi connectivity index (χ2v) is 4.70. The smallest absolute Gasteiger partial charge is 0.180 e. The number of nitrogens with zero attached hydrogens (tertiary/aromatic N) is 1. The van der Waals surface area contributed by atoms with Gasteiger partial charge in [0.2, 0.25) is 0 Å². The summed E-state index contributed by atoms with van der Waals surface area (Å²) in [4.78, 5) is 4.52. The fraction of sp³-hybridized carbons (Fsp3) is 0.182. The molecule has 3 nitrogen and oxygen atoms in total. The van der Waals surface area contributed by atoms with E-state index in [1.54, 1.807) is 19.1 Å². The number of aliphatic hydroxyl groups is 1. The highest BCUT2D eigenvalue weighted by molar-refractivity contribution is 7.15. The van der Waals surface area contributed by atoms with Crippen molar-refractivity contribution in [2.45, 2.75) is 12.5 Å². The van der Waals surface area contributed by atoms with Crippen LogP contribution < -0.4 is 5.73 Å². The van der Waals surface area contributed by atoms with Crippen molar-refractivity contribution in [2.75, 3.05) is 5.73 Å². The average Bonchev–Trinajstić information content (AvgIpc) is 2.66. The number of nitrogen functional groups attached to an aromatic ring is 1. The van der Waals surface area contributed by atoms with Crippen LogP contribution in [0.15, 0.2) is 30.5 Å². The van der Waals surface area contributed by atoms with Crippen molar-refractivity contribution in [3.05, 3.63) is 46.7 Å². The van der Waals surface area contributed by atoms with Gasteiger partial charge in [0.15, 0.2) is 5.13 Å². The van der Waals surface area contributed by atoms with Gasteiger partial charge in [0.25, 0.3) is 0 Å². The van der Waals surface area contributed by atoms with Crippen LogP contribution in [0.2, 0.25) is 0 Å². The number of halogens is 1. The molecule has 5 heteroatoms. The van der Waals surface area contributed by atoms with E-state index in [1.807, 2.05) is 0 Å². The first-order valence-electron chi connectivity index (χ1n) is 4.70. The van der Waals surface area contributed by atoms with Gasteiger partial charge in [0.05, 0.1) is 4.88 Å². The van der Waals surface area contributed by atoms with Crippen molar-refractivity contribution in [3.63, 3.8) is 0 Å². The van der Waals surface area contributed by atoms with Crippen molar-refractivity contribution in [2.24, 2.45) is 0 Å². The summed E-state index contributed by atoms with van der Waals surface area (Å²) in [7, 11) is 0. The van der Waals surface area contributed by atoms with Crippen LogP contribution in [-0.2, 0) is 5.60 Å². The third-order valence-electron chi connectivity index (χ3n) is 2.41. The molecule has 0 bridgehead atoms. The van der Waals surface area contributed by atoms with Gasteiger partial charge in [-0.3, -0.25) is 0 Å². The quantitative estimate of drug-likeness (QED) is 0.842. The molecule has 0 fully saturated rings. The Hall–Kier alpha value is -1.46. The van der Waals surface area contributed by atoms with Gasteiger partial charge in [-0.05, 0) is 24.6 Å². The third-order valence-corrected chi connectivity index (χ3v) is 3.45. The lowest BCUT2D eigenvalue weighted by molar-refractivity contribution is 0.106. The van der Waals surface area contributed by atoms with Crippen LogP contribution in [0.5, 0.6) is 0 Å². The molecular formula is C11H11FN2OS. The van der Waals surface area contributed by atoms with E-state index < -0.39 is 5.60 Å². The molecule has 0 aliphatic carbocycles. The monoisotopic (exact) mass is 238 g/mol. The second-order valence-electron chi connectivity index (χ2n) is 3.64. The molecule has 0 saturated heterocycles. The molecule has 84 valence electrons. The Morgan fingerprint density at radius 3 is 2.50 bits per heavy atom. The van der Waals surface area contributed by atoms with Crippen molar-refractivity contribution in [1.82, 2.24) is 4.98 Å². The molecule has 2 rings (SSSR count). The summed E-state index contributed by atoms with van der Waals surface area (Å²) in [5, 5.41) is 10.8. The van der Waals surface area contributed by atoms with Crippen LogP contribution in [0.1, 0.15) is 17.4 Å². The van der Waals surface area contributed by atoms with E-state index in [9.17, 15) is 9.50 Å². The molecule has 1 aromatic carbocycles. The van der Waals surface area contributed by atoms with Gasteiger partial charge in [0, 0.05) is 6.20 Å². The fourth-order valence-electron chi connectivity index (χ4n) is 1.43. The number of aromatic nitrogens is 1. The Morgan fingerprint density at radius 1 is 1.38 bits per heavy atom. The molecule has 2 aromatic rings. The normalized spacial score (nSPS) is 14.7. The number of benzene rings is 1. The van der Waals surface area contributed by atoms with Crippen molar-refractivity contribution >= 4 is 16.5 Å². The molecule has 0 radical (unpaired) electrons. The van der Waals surface area contributed by atoms with Gasteiger partial charge >= 0.3 is 0 Å². The fourth-order valence-corrected chi connectivity index (χ4v) is 2.18. The summed E-state index contributed by atoms with van der Waals surface area (Å²) in [5.41, 5.74) is 4.93. The number of rotatable bonds is 2. The summed E-state index contributed by atoms with van der Waals surface area (Å²) in [5.74, 6) is -0.330. The minimum atomic E-state index is -1.19. The number of anilines is 1. The summed E-state index contributed by atoms with van der Waals surface area (Å²) >= 11 is 1.22. The molecule has 1 heterocycles. The molecule has 0 aliphatic rings. The van der Waals surface area contributed by atoms with E-state index in [4.69, 9.17) is 5.73 Å². The largest absolute Gasteiger partial charge is 0.380 e. The topological polar surface area (TPSA) is 59.1 Å². The Bertz CT molecular complexity index is 493. The highest BCUT2D eigenvalue weighted by Gasteiger charge is 2.27. The molecule has 1 atom stereocenters. The summed E-state index contributed by atoms with van der Waals surface area (Å²) in [6, 6.07) is 5.72. The molecule has 3 N–H and O–H groups in total. The van der Waals surface area contributed by atoms with Gasteiger partial charge in [-0.1, -0.05) is 23.5 Å². The first kappa shape index (κ1) is 11.0. The van der Waals surface area contributed by atoms with Crippen molar-refractivity contribution in [3.8, 4) is 0 Å². The minimum absolute atomic E-state index is 0.330. The van der Waals surface area contributed by atoms with Crippen molar-refractivity contribution < 1.29 is 9.50 Å². The van der Waals surface area contributed by atoms with Crippen LogP contribution >= 0.6 is 11.3 Å². The lowest BCUT2D eigenvalue weighted by Crippen LogP contribution is -2.21. The maximum atomic E-state index is 12.8. The minimum Gasteiger partial charge on any atom is -0.380 e. The molecule has 0 saturated carbocycles. The zero-order chi connectivity index (χ0) is 11.8. The maximum Gasteiger partial charge on any atom is 0.180 e. The van der Waals surface area contributed by atoms with Crippen LogP contribution in [0, 0.1) is 5.82 Å². The number of hydrogen-bond acceptors (Lipinski definition) is 4. The highest BCUT2D eigenvalue weighted by Crippen LogP contribution is 2.33. The van der Waals surface area contributed by atoms with Gasteiger partial charge < -0.3 is 10.8 Å². The number of nitrogens with two attached hydrogens (primary N) is 1. The Labute approximate surface area is 96.4 Å². The number of thiazole rings is 1. The van der Waals surface area contributed by atoms with Crippen LogP contribution in [0.25, 0.3) is 0 Å². The molecule has 0 spiro atoms. The van der Waals surface area contributed by atoms with Crippen LogP contribution in [-0.4, -0.2) is 10.1 Å². The lowest BCUT2D eigenvalue weighted by Gasteiger charge is -2.21. The Balaban J connectivity index is 2.42. The van der Waals surface area contributed by atoms with E-state index >= 15 is 0 Å². The van der Waals surface area contributed by atoms with Crippen molar-refractivity contribution in [1.29, 1.82) is 0 Å². The second kappa shape index (κ2) is 3.84. The average molecular weight is 238 g/mol. The molecule has 0 aliphatic heterocycles. The zero-order valence-electron chi connectivity index (χ0n) is 8.64. The predicted octanol–water partition coefficient (Wildman–Crippen LogP) is 2.12. The van der Waals surface area contributed by atoms with E-state index in [1.165, 1.54) is 29.7 Å². The van der Waals surface area contributed by atoms with E-state index in [0.717, 1.165) is 0 Å². The maximum absolute atomic E-state index is 12.8. The first-order valence-corrected chi connectivity index (χ1v) is 5.52. The molecule has 0 amide bonds. The first-order chi connectivity index (χ1) is 7.50. The lowest BCUT2D eigenvalue weighted by atomic mass is 9.95. The summed E-state index contributed by atoms with van der Waals surface area (Å²) in [6.07, 6.45) is 1.53. The van der Waals surface area contributed by atoms with Gasteiger partial charge in [-0.15, -0.1) is 0 Å². The van der Waals surface area contributed by atoms with Gasteiger partial charge in [0.1, 0.15) is 11.4 Å². The van der Waals surface area contributed by atoms with Crippen LogP contribution in [0.3, 0.4) is 0 Å². The highest BCUT2D eigenvalue weighted by atomic mass is 32.1. The van der Waals surface area contributed by atoms with Crippen LogP contribution in [0.4, 0.5) is 9.52 Å². The zero-order valence-corrected chi connectivity index (χ0v) is 9.46. The Kier molecular flexibility index (Phi) is 2.65. The third kappa shape index (κ3) is 1.91. The van der Waals surface area contributed by atoms with E-state index in [0.29, 0.717) is 15.6 Å². The molecule has 16 heavy (non-hydrogen) atoms. The summed E-state index contributed by atoms with van der Waals surface area (Å²) in [6.45, 7) is 1.63. The molecule has 1 aromatic heterocycles. The number of hydrogen-bond donors (Lipinski definition) is 2. The van der Waals surface area contributed by atoms with Gasteiger partial charge in [-0.25, -0.2) is 9.37 Å². The summed E-state index contributed by atoms with van der Waals surface area (Å²) < 4.78 is 12.8. The molecular weight excluding hydrogens is 227 g/mol. The SMILES string of the molecule is CC(O)(c1ccc(F)cc1)c1cnc(N)s1. The predicted molar refractivity (Wildman–Crippen MR) is 61.6 cm³/mol. The standard InChI is InChI=1S/C11H11FN2OS/c1-11(15,9-6-14-10(13)16-9)7-2-4-8(12)5-3-7/h2-6,15H,1H3,(H2,13,14). The van der Waals surface area contributed by atoms with E-state index in [2.05, 4.69) is 4.98 Å². The molecule has 1 unspecified atom stereocenters. The Morgan fingerprint density at radius 2 is 2.00 bits per heavy atom.